The Bertz CT molecular complexity index is 237. The second-order valence-electron chi connectivity index (χ2n) is 1.97. The molecule has 0 aromatic carbocycles. The first-order valence-electron chi connectivity index (χ1n) is 2.90. The molecule has 54 valence electrons. The Morgan fingerprint density at radius 2 is 2.20 bits per heavy atom. The van der Waals surface area contributed by atoms with E-state index in [1.807, 2.05) is 13.1 Å². The fourth-order valence-electron chi connectivity index (χ4n) is 0.667. The quantitative estimate of drug-likeness (QED) is 0.710. The van der Waals surface area contributed by atoms with Gasteiger partial charge in [0.15, 0.2) is 5.75 Å². The van der Waals surface area contributed by atoms with Crippen molar-refractivity contribution in [2.75, 3.05) is 7.11 Å². The molecule has 0 saturated heterocycles. The molecule has 0 aliphatic heterocycles. The lowest BCUT2D eigenvalue weighted by Gasteiger charge is -2.02. The van der Waals surface area contributed by atoms with E-state index in [2.05, 4.69) is 27.6 Å². The Labute approximate surface area is 73.8 Å². The van der Waals surface area contributed by atoms with E-state index in [0.717, 1.165) is 14.9 Å². The predicted octanol–water partition coefficient (Wildman–Crippen LogP) is 2.00. The van der Waals surface area contributed by atoms with E-state index in [9.17, 15) is 0 Å². The number of methoxy groups -OCH3 is 1. The van der Waals surface area contributed by atoms with Gasteiger partial charge in [0.05, 0.1) is 16.9 Å². The highest BCUT2D eigenvalue weighted by molar-refractivity contribution is 14.1. The molecule has 0 atom stereocenters. The van der Waals surface area contributed by atoms with E-state index < -0.39 is 0 Å². The molecule has 1 aromatic heterocycles. The molecule has 1 aromatic rings. The van der Waals surface area contributed by atoms with Crippen molar-refractivity contribution in [2.24, 2.45) is 0 Å². The first kappa shape index (κ1) is 7.78. The van der Waals surface area contributed by atoms with Gasteiger partial charge in [-0.3, -0.25) is 4.98 Å². The normalized spacial score (nSPS) is 9.50. The zero-order valence-electron chi connectivity index (χ0n) is 5.89. The summed E-state index contributed by atoms with van der Waals surface area (Å²) in [6.07, 6.45) is 3.54. The smallest absolute Gasteiger partial charge is 0.150 e. The Morgan fingerprint density at radius 3 is 2.70 bits per heavy atom. The van der Waals surface area contributed by atoms with Gasteiger partial charge in [-0.15, -0.1) is 0 Å². The first-order valence-corrected chi connectivity index (χ1v) is 3.97. The predicted molar refractivity (Wildman–Crippen MR) is 48.2 cm³/mol. The Balaban J connectivity index is 3.14. The number of nitrogens with zero attached hydrogens (tertiary/aromatic N) is 1. The van der Waals surface area contributed by atoms with Gasteiger partial charge < -0.3 is 4.74 Å². The molecule has 0 unspecified atom stereocenters. The van der Waals surface area contributed by atoms with Crippen molar-refractivity contribution in [2.45, 2.75) is 6.92 Å². The van der Waals surface area contributed by atoms with Crippen molar-refractivity contribution >= 4 is 22.6 Å². The van der Waals surface area contributed by atoms with E-state index in [4.69, 9.17) is 4.74 Å². The minimum atomic E-state index is 0.848. The lowest BCUT2D eigenvalue weighted by Crippen LogP contribution is -1.90. The Kier molecular flexibility index (Phi) is 2.48. The fourth-order valence-corrected chi connectivity index (χ4v) is 1.17. The van der Waals surface area contributed by atoms with Gasteiger partial charge in [-0.2, -0.15) is 0 Å². The van der Waals surface area contributed by atoms with Gasteiger partial charge in [-0.05, 0) is 35.1 Å². The van der Waals surface area contributed by atoms with Crippen molar-refractivity contribution in [3.8, 4) is 5.75 Å². The van der Waals surface area contributed by atoms with E-state index in [-0.39, 0.29) is 0 Å². The second-order valence-corrected chi connectivity index (χ2v) is 3.05. The zero-order chi connectivity index (χ0) is 7.56. The monoisotopic (exact) mass is 249 g/mol. The molecule has 0 spiro atoms. The number of halogens is 1. The van der Waals surface area contributed by atoms with Crippen LogP contribution in [0.15, 0.2) is 12.4 Å². The van der Waals surface area contributed by atoms with E-state index in [0.29, 0.717) is 0 Å². The summed E-state index contributed by atoms with van der Waals surface area (Å²) in [5.41, 5.74) is 1.15. The molecule has 0 fully saturated rings. The van der Waals surface area contributed by atoms with Gasteiger partial charge in [-0.25, -0.2) is 0 Å². The van der Waals surface area contributed by atoms with E-state index >= 15 is 0 Å². The zero-order valence-corrected chi connectivity index (χ0v) is 8.05. The number of hydrogen-bond donors (Lipinski definition) is 0. The highest BCUT2D eigenvalue weighted by Gasteiger charge is 2.00. The van der Waals surface area contributed by atoms with Crippen LogP contribution in [0.4, 0.5) is 0 Å². The summed E-state index contributed by atoms with van der Waals surface area (Å²) in [5, 5.41) is 0. The summed E-state index contributed by atoms with van der Waals surface area (Å²) >= 11 is 2.24. The minimum Gasteiger partial charge on any atom is -0.494 e. The second kappa shape index (κ2) is 3.18. The maximum absolute atomic E-state index is 5.06. The van der Waals surface area contributed by atoms with E-state index in [1.165, 1.54) is 0 Å². The number of aryl methyl sites for hydroxylation is 1. The molecular formula is C7H8INO. The summed E-state index contributed by atoms with van der Waals surface area (Å²) in [5.74, 6) is 0.848. The highest BCUT2D eigenvalue weighted by Crippen LogP contribution is 2.21. The average molecular weight is 249 g/mol. The van der Waals surface area contributed by atoms with Crippen LogP contribution in [0.3, 0.4) is 0 Å². The third-order valence-electron chi connectivity index (χ3n) is 1.24. The van der Waals surface area contributed by atoms with E-state index in [1.54, 1.807) is 13.3 Å². The first-order chi connectivity index (χ1) is 4.75. The molecule has 3 heteroatoms. The Morgan fingerprint density at radius 1 is 1.50 bits per heavy atom. The molecule has 0 bridgehead atoms. The molecule has 0 amide bonds. The summed E-state index contributed by atoms with van der Waals surface area (Å²) in [6.45, 7) is 2.01. The molecule has 0 radical (unpaired) electrons. The summed E-state index contributed by atoms with van der Waals surface area (Å²) in [4.78, 5) is 3.99. The third kappa shape index (κ3) is 1.39. The molecular weight excluding hydrogens is 241 g/mol. The maximum atomic E-state index is 5.06. The van der Waals surface area contributed by atoms with Crippen LogP contribution in [0.1, 0.15) is 5.56 Å². The van der Waals surface area contributed by atoms with Crippen LogP contribution in [0.2, 0.25) is 0 Å². The van der Waals surface area contributed by atoms with Crippen molar-refractivity contribution in [3.05, 3.63) is 21.5 Å². The van der Waals surface area contributed by atoms with Crippen LogP contribution in [-0.4, -0.2) is 12.1 Å². The molecule has 0 aliphatic carbocycles. The van der Waals surface area contributed by atoms with Crippen molar-refractivity contribution in [3.63, 3.8) is 0 Å². The number of ether oxygens (including phenoxy) is 1. The van der Waals surface area contributed by atoms with Crippen LogP contribution >= 0.6 is 22.6 Å². The largest absolute Gasteiger partial charge is 0.494 e. The molecule has 1 rings (SSSR count). The standard InChI is InChI=1S/C7H8INO/c1-5-3-9-4-6(10-2)7(5)8/h3-4H,1-2H3. The number of aromatic nitrogens is 1. The SMILES string of the molecule is COc1cncc(C)c1I. The third-order valence-corrected chi connectivity index (χ3v) is 2.62. The van der Waals surface area contributed by atoms with Gasteiger partial charge in [0.25, 0.3) is 0 Å². The van der Waals surface area contributed by atoms with Crippen molar-refractivity contribution in [1.29, 1.82) is 0 Å². The molecule has 0 saturated carbocycles. The average Bonchev–Trinajstić information content (AvgIpc) is 1.95. The van der Waals surface area contributed by atoms with Gasteiger partial charge in [0.2, 0.25) is 0 Å². The molecule has 0 N–H and O–H groups in total. The van der Waals surface area contributed by atoms with Crippen molar-refractivity contribution in [1.82, 2.24) is 4.98 Å². The Hall–Kier alpha value is -0.320. The van der Waals surface area contributed by atoms with Crippen LogP contribution in [0, 0.1) is 10.5 Å². The molecule has 1 heterocycles. The lowest BCUT2D eigenvalue weighted by atomic mass is 10.3. The summed E-state index contributed by atoms with van der Waals surface area (Å²) in [6, 6.07) is 0. The van der Waals surface area contributed by atoms with Crippen LogP contribution < -0.4 is 4.74 Å². The van der Waals surface area contributed by atoms with Crippen molar-refractivity contribution < 1.29 is 4.74 Å². The summed E-state index contributed by atoms with van der Waals surface area (Å²) < 4.78 is 6.19. The molecule has 0 aliphatic rings. The van der Waals surface area contributed by atoms with Gasteiger partial charge in [0.1, 0.15) is 0 Å². The van der Waals surface area contributed by atoms with Gasteiger partial charge >= 0.3 is 0 Å². The number of hydrogen-bond acceptors (Lipinski definition) is 2. The number of rotatable bonds is 1. The van der Waals surface area contributed by atoms with Gasteiger partial charge in [0, 0.05) is 6.20 Å². The topological polar surface area (TPSA) is 22.1 Å². The lowest BCUT2D eigenvalue weighted by molar-refractivity contribution is 0.409. The minimum absolute atomic E-state index is 0.848. The van der Waals surface area contributed by atoms with Crippen LogP contribution in [0.5, 0.6) is 5.75 Å². The maximum Gasteiger partial charge on any atom is 0.150 e. The number of pyridine rings is 1. The highest BCUT2D eigenvalue weighted by atomic mass is 127. The fraction of sp³-hybridized carbons (Fsp3) is 0.286. The molecule has 2 nitrogen and oxygen atoms in total. The summed E-state index contributed by atoms with van der Waals surface area (Å²) in [7, 11) is 1.65. The molecule has 10 heavy (non-hydrogen) atoms. The van der Waals surface area contributed by atoms with Crippen LogP contribution in [0.25, 0.3) is 0 Å². The van der Waals surface area contributed by atoms with Gasteiger partial charge in [-0.1, -0.05) is 0 Å². The van der Waals surface area contributed by atoms with Crippen LogP contribution in [-0.2, 0) is 0 Å².